The Kier molecular flexibility index (Phi) is 17.9. The highest BCUT2D eigenvalue weighted by Crippen LogP contribution is 2.43. The molecular formula is C66H57BN2O9. The van der Waals surface area contributed by atoms with Crippen molar-refractivity contribution in [3.63, 3.8) is 0 Å². The van der Waals surface area contributed by atoms with Crippen molar-refractivity contribution >= 4 is 62.3 Å². The van der Waals surface area contributed by atoms with E-state index in [0.29, 0.717) is 42.5 Å². The van der Waals surface area contributed by atoms with Crippen LogP contribution < -0.4 is 38.7 Å². The van der Waals surface area contributed by atoms with E-state index in [1.54, 1.807) is 48.8 Å². The fourth-order valence-electron chi connectivity index (χ4n) is 9.81. The molecule has 0 bridgehead atoms. The third kappa shape index (κ3) is 12.4. The van der Waals surface area contributed by atoms with Gasteiger partial charge in [0.1, 0.15) is 11.5 Å². The highest BCUT2D eigenvalue weighted by atomic mass is 16.7. The summed E-state index contributed by atoms with van der Waals surface area (Å²) in [6, 6.07) is 77.4. The molecule has 0 saturated carbocycles. The standard InChI is InChI=1S/C22H21BO3.2C22H18NO3/c24-23(25)26-18-10-17-22(19-11-4-1-5-12-19,20-13-6-2-7-14-20)21-15-8-3-9-16-21;2*1-2-25-23-14-8-7-13-20(23)22(24)26-21-15-16-9-3-4-10-17(16)18-11-5-6-12-19(18)21/h1-9,11-16H,10,17-18H2;2*3-15H,2H2,1H3/q-2;2*+1. The monoisotopic (exact) mass is 1030 g/mol. The predicted octanol–water partition coefficient (Wildman–Crippen LogP) is 10.4. The van der Waals surface area contributed by atoms with E-state index in [2.05, 4.69) is 48.5 Å². The van der Waals surface area contributed by atoms with Gasteiger partial charge in [0.05, 0.1) is 7.32 Å². The fraction of sp³-hybridized carbons (Fsp3) is 0.121. The lowest BCUT2D eigenvalue weighted by atomic mass is 9.67. The van der Waals surface area contributed by atoms with Gasteiger partial charge in [0.15, 0.2) is 13.2 Å². The van der Waals surface area contributed by atoms with Crippen LogP contribution in [0.1, 0.15) is 64.4 Å². The quantitative estimate of drug-likeness (QED) is 0.0176. The van der Waals surface area contributed by atoms with Crippen LogP contribution in [-0.2, 0) is 10.1 Å². The van der Waals surface area contributed by atoms with Crippen LogP contribution in [0.4, 0.5) is 0 Å². The molecule has 0 spiro atoms. The van der Waals surface area contributed by atoms with Crippen molar-refractivity contribution in [2.75, 3.05) is 19.8 Å². The minimum Gasteiger partial charge on any atom is -0.871 e. The summed E-state index contributed by atoms with van der Waals surface area (Å²) in [7, 11) is -2.23. The molecule has 0 aliphatic rings. The zero-order valence-electron chi connectivity index (χ0n) is 43.4. The summed E-state index contributed by atoms with van der Waals surface area (Å²) in [4.78, 5) is 36.5. The van der Waals surface area contributed by atoms with Gasteiger partial charge in [-0.2, -0.15) is 0 Å². The first-order valence-electron chi connectivity index (χ1n) is 25.9. The normalized spacial score (nSPS) is 11.0. The van der Waals surface area contributed by atoms with E-state index in [4.69, 9.17) is 23.8 Å². The van der Waals surface area contributed by atoms with Crippen molar-refractivity contribution in [1.82, 2.24) is 0 Å². The second-order valence-corrected chi connectivity index (χ2v) is 18.0. The second-order valence-electron chi connectivity index (χ2n) is 18.0. The molecule has 0 aliphatic carbocycles. The Bertz CT molecular complexity index is 3490. The summed E-state index contributed by atoms with van der Waals surface area (Å²) in [6.45, 7) is 4.80. The van der Waals surface area contributed by atoms with E-state index >= 15 is 0 Å². The number of pyridine rings is 2. The number of benzene rings is 9. The molecule has 0 amide bonds. The highest BCUT2D eigenvalue weighted by Gasteiger charge is 2.35. The van der Waals surface area contributed by atoms with Crippen molar-refractivity contribution in [2.24, 2.45) is 0 Å². The van der Waals surface area contributed by atoms with Gasteiger partial charge in [-0.15, -0.1) is 0 Å². The minimum atomic E-state index is -2.23. The summed E-state index contributed by atoms with van der Waals surface area (Å²) >= 11 is 0. The number of hydrogen-bond acceptors (Lipinski definition) is 9. The molecule has 11 rings (SSSR count). The summed E-state index contributed by atoms with van der Waals surface area (Å²) < 4.78 is 19.1. The summed E-state index contributed by atoms with van der Waals surface area (Å²) in [6.07, 6.45) is 4.73. The maximum Gasteiger partial charge on any atom is 0.414 e. The van der Waals surface area contributed by atoms with E-state index in [1.807, 2.05) is 166 Å². The SMILES string of the molecule is CCO[n+]1ccccc1C(=O)Oc1cc2ccccc2c2ccccc12.CCO[n+]1ccccc1C(=O)Oc1cc2ccccc2c2ccccc12.[O-]B([O-])OCCCC(c1ccccc1)(c1ccccc1)c1ccccc1. The Morgan fingerprint density at radius 1 is 0.436 bits per heavy atom. The Labute approximate surface area is 453 Å². The molecule has 11 nitrogen and oxygen atoms in total. The largest absolute Gasteiger partial charge is 0.871 e. The molecule has 12 heteroatoms. The number of rotatable bonds is 16. The van der Waals surface area contributed by atoms with Crippen molar-refractivity contribution in [3.8, 4) is 11.5 Å². The number of carbonyl (C=O) groups is 2. The average molecular weight is 1030 g/mol. The number of fused-ring (bicyclic) bond motifs is 6. The van der Waals surface area contributed by atoms with Crippen molar-refractivity contribution in [2.45, 2.75) is 32.1 Å². The number of nitrogens with zero attached hydrogens (tertiary/aromatic N) is 2. The Morgan fingerprint density at radius 2 is 0.782 bits per heavy atom. The molecule has 0 radical (unpaired) electrons. The third-order valence-corrected chi connectivity index (χ3v) is 13.2. The van der Waals surface area contributed by atoms with Gasteiger partial charge >= 0.3 is 23.3 Å². The molecule has 0 N–H and O–H groups in total. The summed E-state index contributed by atoms with van der Waals surface area (Å²) in [5.41, 5.74) is 3.85. The van der Waals surface area contributed by atoms with E-state index in [-0.39, 0.29) is 12.0 Å². The van der Waals surface area contributed by atoms with Gasteiger partial charge in [0, 0.05) is 56.5 Å². The van der Waals surface area contributed by atoms with E-state index in [9.17, 15) is 19.6 Å². The smallest absolute Gasteiger partial charge is 0.414 e. The van der Waals surface area contributed by atoms with Crippen LogP contribution in [0, 0.1) is 0 Å². The summed E-state index contributed by atoms with van der Waals surface area (Å²) in [5, 5.41) is 29.6. The molecule has 2 aromatic heterocycles. The maximum atomic E-state index is 12.8. The van der Waals surface area contributed by atoms with Gasteiger partial charge in [-0.25, -0.2) is 9.59 Å². The number of aromatic nitrogens is 2. The van der Waals surface area contributed by atoms with Crippen LogP contribution >= 0.6 is 0 Å². The van der Waals surface area contributed by atoms with Gasteiger partial charge in [0.2, 0.25) is 12.4 Å². The molecule has 0 saturated heterocycles. The molecule has 0 atom stereocenters. The van der Waals surface area contributed by atoms with E-state index in [1.165, 1.54) is 26.2 Å². The van der Waals surface area contributed by atoms with Gasteiger partial charge in [0.25, 0.3) is 0 Å². The number of carbonyl (C=O) groups excluding carboxylic acids is 2. The zero-order chi connectivity index (χ0) is 54.1. The van der Waals surface area contributed by atoms with Crippen LogP contribution in [0.25, 0.3) is 43.1 Å². The number of esters is 2. The number of hydrogen-bond donors (Lipinski definition) is 0. The molecule has 0 unspecified atom stereocenters. The molecule has 0 aliphatic heterocycles. The first-order chi connectivity index (χ1) is 38.3. The highest BCUT2D eigenvalue weighted by molar-refractivity contribution is 6.28. The van der Waals surface area contributed by atoms with Crippen LogP contribution in [0.5, 0.6) is 11.5 Å². The predicted molar refractivity (Wildman–Crippen MR) is 300 cm³/mol. The lowest BCUT2D eigenvalue weighted by Gasteiger charge is -2.37. The van der Waals surface area contributed by atoms with Crippen LogP contribution in [0.3, 0.4) is 0 Å². The molecule has 11 aromatic rings. The van der Waals surface area contributed by atoms with Crippen molar-refractivity contribution < 1.29 is 52.9 Å². The van der Waals surface area contributed by atoms with Crippen molar-refractivity contribution in [1.29, 1.82) is 0 Å². The average Bonchev–Trinajstić information content (AvgIpc) is 3.57. The molecule has 9 aromatic carbocycles. The van der Waals surface area contributed by atoms with Gasteiger partial charge in [-0.3, -0.25) is 9.68 Å². The first kappa shape index (κ1) is 53.6. The lowest BCUT2D eigenvalue weighted by molar-refractivity contribution is -0.892. The number of ether oxygens (including phenoxy) is 2. The minimum absolute atomic E-state index is 0.159. The summed E-state index contributed by atoms with van der Waals surface area (Å²) in [5.74, 6) is 0.159. The first-order valence-corrected chi connectivity index (χ1v) is 25.9. The molecule has 2 heterocycles. The molecule has 0 fully saturated rings. The van der Waals surface area contributed by atoms with Crippen LogP contribution in [0.15, 0.2) is 249 Å². The molecular weight excluding hydrogens is 976 g/mol. The van der Waals surface area contributed by atoms with Crippen molar-refractivity contribution in [3.05, 3.63) is 277 Å². The van der Waals surface area contributed by atoms with E-state index < -0.39 is 19.3 Å². The Morgan fingerprint density at radius 3 is 1.17 bits per heavy atom. The fourth-order valence-corrected chi connectivity index (χ4v) is 9.81. The molecule has 78 heavy (non-hydrogen) atoms. The van der Waals surface area contributed by atoms with Crippen LogP contribution in [0.2, 0.25) is 0 Å². The maximum absolute atomic E-state index is 12.8. The Balaban J connectivity index is 0.000000142. The van der Waals surface area contributed by atoms with Gasteiger partial charge < -0.3 is 24.2 Å². The van der Waals surface area contributed by atoms with Gasteiger partial charge in [-0.1, -0.05) is 188 Å². The third-order valence-electron chi connectivity index (χ3n) is 13.2. The lowest BCUT2D eigenvalue weighted by Crippen LogP contribution is -2.48. The van der Waals surface area contributed by atoms with E-state index in [0.717, 1.165) is 49.5 Å². The zero-order valence-corrected chi connectivity index (χ0v) is 43.4. The van der Waals surface area contributed by atoms with Crippen LogP contribution in [-0.4, -0.2) is 39.1 Å². The second kappa shape index (κ2) is 26.0. The molecule has 388 valence electrons. The topological polar surface area (TPSA) is 134 Å². The Hall–Kier alpha value is -9.20. The van der Waals surface area contributed by atoms with Gasteiger partial charge in [-0.05, 0) is 100.0 Å².